The summed E-state index contributed by atoms with van der Waals surface area (Å²) in [4.78, 5) is 6.75. The van der Waals surface area contributed by atoms with Crippen molar-refractivity contribution < 1.29 is 4.42 Å². The normalized spacial score (nSPS) is 21.6. The van der Waals surface area contributed by atoms with Gasteiger partial charge in [0.1, 0.15) is 5.52 Å². The molecule has 1 aliphatic rings. The number of rotatable bonds is 2. The number of benzene rings is 1. The van der Waals surface area contributed by atoms with Crippen LogP contribution in [0.1, 0.15) is 11.5 Å². The predicted octanol–water partition coefficient (Wildman–Crippen LogP) is 1.58. The highest BCUT2D eigenvalue weighted by atomic mass is 16.3. The number of nitrogens with one attached hydrogen (secondary N) is 1. The third-order valence-corrected chi connectivity index (χ3v) is 3.68. The Balaban J connectivity index is 1.81. The van der Waals surface area contributed by atoms with Crippen LogP contribution in [0, 0.1) is 6.92 Å². The number of fused-ring (bicyclic) bond motifs is 1. The van der Waals surface area contributed by atoms with Gasteiger partial charge >= 0.3 is 0 Å². The molecule has 0 bridgehead atoms. The number of oxazole rings is 1. The van der Waals surface area contributed by atoms with Crippen LogP contribution in [0.3, 0.4) is 0 Å². The van der Waals surface area contributed by atoms with E-state index in [-0.39, 0.29) is 0 Å². The van der Waals surface area contributed by atoms with Crippen LogP contribution in [-0.2, 0) is 6.42 Å². The summed E-state index contributed by atoms with van der Waals surface area (Å²) in [6.07, 6.45) is 1.05. The molecular formula is C14H19N3O. The van der Waals surface area contributed by atoms with E-state index >= 15 is 0 Å². The number of hydrogen-bond donors (Lipinski definition) is 1. The minimum Gasteiger partial charge on any atom is -0.441 e. The van der Waals surface area contributed by atoms with E-state index in [0.717, 1.165) is 43.0 Å². The molecular weight excluding hydrogens is 226 g/mol. The first-order chi connectivity index (χ1) is 8.72. The van der Waals surface area contributed by atoms with Crippen molar-refractivity contribution in [2.24, 2.45) is 0 Å². The maximum Gasteiger partial charge on any atom is 0.192 e. The van der Waals surface area contributed by atoms with Crippen LogP contribution in [0.4, 0.5) is 0 Å². The average molecular weight is 245 g/mol. The molecule has 0 aliphatic carbocycles. The zero-order valence-corrected chi connectivity index (χ0v) is 10.9. The Bertz CT molecular complexity index is 549. The Labute approximate surface area is 107 Å². The minimum atomic E-state index is 0.570. The quantitative estimate of drug-likeness (QED) is 0.872. The van der Waals surface area contributed by atoms with Crippen LogP contribution < -0.4 is 5.32 Å². The number of piperazine rings is 1. The van der Waals surface area contributed by atoms with Gasteiger partial charge in [0, 0.05) is 32.6 Å². The minimum absolute atomic E-state index is 0.570. The van der Waals surface area contributed by atoms with Crippen molar-refractivity contribution >= 4 is 11.1 Å². The monoisotopic (exact) mass is 245 g/mol. The second-order valence-electron chi connectivity index (χ2n) is 5.08. The first-order valence-electron chi connectivity index (χ1n) is 6.49. The summed E-state index contributed by atoms with van der Waals surface area (Å²) in [5.41, 5.74) is 3.17. The largest absolute Gasteiger partial charge is 0.441 e. The van der Waals surface area contributed by atoms with Crippen LogP contribution in [0.5, 0.6) is 0 Å². The Kier molecular flexibility index (Phi) is 3.06. The van der Waals surface area contributed by atoms with E-state index in [4.69, 9.17) is 4.42 Å². The standard InChI is InChI=1S/C14H19N3O/c1-10-16-13-4-3-11(8-14(13)18-10)7-12-9-15-5-6-17(12)2/h3-4,8,12,15H,5-7,9H2,1-2H3. The molecule has 2 heterocycles. The fourth-order valence-electron chi connectivity index (χ4n) is 2.57. The molecule has 1 saturated heterocycles. The number of hydrogen-bond acceptors (Lipinski definition) is 4. The Morgan fingerprint density at radius 3 is 3.22 bits per heavy atom. The summed E-state index contributed by atoms with van der Waals surface area (Å²) >= 11 is 0. The summed E-state index contributed by atoms with van der Waals surface area (Å²) in [5.74, 6) is 0.735. The molecule has 18 heavy (non-hydrogen) atoms. The van der Waals surface area contributed by atoms with Crippen LogP contribution >= 0.6 is 0 Å². The van der Waals surface area contributed by atoms with Gasteiger partial charge in [-0.2, -0.15) is 0 Å². The van der Waals surface area contributed by atoms with E-state index in [1.165, 1.54) is 5.56 Å². The molecule has 3 rings (SSSR count). The first kappa shape index (κ1) is 11.7. The Morgan fingerprint density at radius 2 is 2.39 bits per heavy atom. The summed E-state index contributed by atoms with van der Waals surface area (Å²) in [7, 11) is 2.20. The van der Waals surface area contributed by atoms with E-state index in [2.05, 4.69) is 40.4 Å². The fraction of sp³-hybridized carbons (Fsp3) is 0.500. The summed E-state index contributed by atoms with van der Waals surface area (Å²) in [6.45, 7) is 5.16. The molecule has 1 atom stereocenters. The average Bonchev–Trinajstić information content (AvgIpc) is 2.71. The van der Waals surface area contributed by atoms with Gasteiger partial charge in [0.05, 0.1) is 0 Å². The molecule has 4 nitrogen and oxygen atoms in total. The molecule has 1 unspecified atom stereocenters. The topological polar surface area (TPSA) is 41.3 Å². The molecule has 0 radical (unpaired) electrons. The maximum absolute atomic E-state index is 5.58. The molecule has 1 N–H and O–H groups in total. The summed E-state index contributed by atoms with van der Waals surface area (Å²) in [6, 6.07) is 6.90. The van der Waals surface area contributed by atoms with Gasteiger partial charge in [0.25, 0.3) is 0 Å². The third-order valence-electron chi connectivity index (χ3n) is 3.68. The molecule has 96 valence electrons. The van der Waals surface area contributed by atoms with Crippen molar-refractivity contribution in [1.82, 2.24) is 15.2 Å². The zero-order chi connectivity index (χ0) is 12.5. The smallest absolute Gasteiger partial charge is 0.192 e. The van der Waals surface area contributed by atoms with Gasteiger partial charge in [-0.1, -0.05) is 6.07 Å². The van der Waals surface area contributed by atoms with Gasteiger partial charge in [-0.15, -0.1) is 0 Å². The number of likely N-dealkylation sites (N-methyl/N-ethyl adjacent to an activating group) is 1. The highest BCUT2D eigenvalue weighted by Gasteiger charge is 2.19. The SMILES string of the molecule is Cc1nc2ccc(CC3CNCCN3C)cc2o1. The highest BCUT2D eigenvalue weighted by Crippen LogP contribution is 2.18. The van der Waals surface area contributed by atoms with Crippen LogP contribution in [0.25, 0.3) is 11.1 Å². The van der Waals surface area contributed by atoms with Gasteiger partial charge in [0.2, 0.25) is 0 Å². The van der Waals surface area contributed by atoms with Gasteiger partial charge in [-0.05, 0) is 31.2 Å². The van der Waals surface area contributed by atoms with E-state index < -0.39 is 0 Å². The van der Waals surface area contributed by atoms with E-state index in [9.17, 15) is 0 Å². The molecule has 1 aromatic heterocycles. The molecule has 1 aliphatic heterocycles. The van der Waals surface area contributed by atoms with Crippen LogP contribution in [0.15, 0.2) is 22.6 Å². The van der Waals surface area contributed by atoms with Crippen molar-refractivity contribution in [3.8, 4) is 0 Å². The molecule has 0 amide bonds. The number of aryl methyl sites for hydroxylation is 1. The Morgan fingerprint density at radius 1 is 1.50 bits per heavy atom. The van der Waals surface area contributed by atoms with E-state index in [0.29, 0.717) is 6.04 Å². The summed E-state index contributed by atoms with van der Waals surface area (Å²) in [5, 5.41) is 3.45. The molecule has 4 heteroatoms. The first-order valence-corrected chi connectivity index (χ1v) is 6.49. The number of nitrogens with zero attached hydrogens (tertiary/aromatic N) is 2. The lowest BCUT2D eigenvalue weighted by Crippen LogP contribution is -2.50. The molecule has 2 aromatic rings. The molecule has 0 saturated carbocycles. The third kappa shape index (κ3) is 2.26. The lowest BCUT2D eigenvalue weighted by atomic mass is 10.0. The maximum atomic E-state index is 5.58. The Hall–Kier alpha value is -1.39. The molecule has 1 fully saturated rings. The predicted molar refractivity (Wildman–Crippen MR) is 71.7 cm³/mol. The van der Waals surface area contributed by atoms with E-state index in [1.54, 1.807) is 0 Å². The second kappa shape index (κ2) is 4.71. The number of aromatic nitrogens is 1. The van der Waals surface area contributed by atoms with Gasteiger partial charge in [-0.25, -0.2) is 4.98 Å². The van der Waals surface area contributed by atoms with Gasteiger partial charge < -0.3 is 14.6 Å². The zero-order valence-electron chi connectivity index (χ0n) is 10.9. The lowest BCUT2D eigenvalue weighted by molar-refractivity contribution is 0.199. The second-order valence-corrected chi connectivity index (χ2v) is 5.08. The lowest BCUT2D eigenvalue weighted by Gasteiger charge is -2.33. The van der Waals surface area contributed by atoms with Crippen molar-refractivity contribution in [2.45, 2.75) is 19.4 Å². The van der Waals surface area contributed by atoms with Crippen molar-refractivity contribution in [2.75, 3.05) is 26.7 Å². The van der Waals surface area contributed by atoms with Gasteiger partial charge in [-0.3, -0.25) is 0 Å². The molecule has 1 aromatic carbocycles. The highest BCUT2D eigenvalue weighted by molar-refractivity contribution is 5.73. The van der Waals surface area contributed by atoms with Gasteiger partial charge in [0.15, 0.2) is 11.5 Å². The van der Waals surface area contributed by atoms with Crippen molar-refractivity contribution in [3.05, 3.63) is 29.7 Å². The van der Waals surface area contributed by atoms with Crippen LogP contribution in [0.2, 0.25) is 0 Å². The van der Waals surface area contributed by atoms with Crippen molar-refractivity contribution in [3.63, 3.8) is 0 Å². The fourth-order valence-corrected chi connectivity index (χ4v) is 2.57. The van der Waals surface area contributed by atoms with E-state index in [1.807, 2.05) is 6.92 Å². The van der Waals surface area contributed by atoms with Crippen molar-refractivity contribution in [1.29, 1.82) is 0 Å². The molecule has 0 spiro atoms. The van der Waals surface area contributed by atoms with Crippen LogP contribution in [-0.4, -0.2) is 42.6 Å². The summed E-state index contributed by atoms with van der Waals surface area (Å²) < 4.78 is 5.58.